The lowest BCUT2D eigenvalue weighted by Gasteiger charge is -2.28. The van der Waals surface area contributed by atoms with Gasteiger partial charge in [-0.1, -0.05) is 37.3 Å². The van der Waals surface area contributed by atoms with E-state index in [9.17, 15) is 19.2 Å². The van der Waals surface area contributed by atoms with Gasteiger partial charge < -0.3 is 20.1 Å². The molecule has 4 unspecified atom stereocenters. The Labute approximate surface area is 164 Å². The molecule has 0 aliphatic rings. The monoisotopic (exact) mass is 400 g/mol. The van der Waals surface area contributed by atoms with E-state index in [1.165, 1.54) is 5.56 Å². The second kappa shape index (κ2) is 11.5. The van der Waals surface area contributed by atoms with E-state index in [-0.39, 0.29) is 24.0 Å². The van der Waals surface area contributed by atoms with E-state index in [0.29, 0.717) is 6.42 Å². The molecule has 0 aromatic heterocycles. The third-order valence-electron chi connectivity index (χ3n) is 4.45. The van der Waals surface area contributed by atoms with Gasteiger partial charge in [0.25, 0.3) is 0 Å². The van der Waals surface area contributed by atoms with Crippen molar-refractivity contribution in [2.75, 3.05) is 24.7 Å². The fraction of sp³-hybridized carbons (Fsp3) is 0.650. The van der Waals surface area contributed by atoms with Gasteiger partial charge in [-0.25, -0.2) is 0 Å². The van der Waals surface area contributed by atoms with Gasteiger partial charge in [-0.15, -0.1) is 0 Å². The van der Waals surface area contributed by atoms with Crippen LogP contribution in [0.15, 0.2) is 30.3 Å². The molecule has 0 radical (unpaired) electrons. The summed E-state index contributed by atoms with van der Waals surface area (Å²) in [5.41, 5.74) is 0.460. The minimum Gasteiger partial charge on any atom is -0.462 e. The van der Waals surface area contributed by atoms with Gasteiger partial charge in [0.05, 0.1) is 35.7 Å². The van der Waals surface area contributed by atoms with Gasteiger partial charge >= 0.3 is 5.97 Å². The first kappa shape index (κ1) is 23.8. The summed E-state index contributed by atoms with van der Waals surface area (Å²) in [5, 5.41) is 27.9. The van der Waals surface area contributed by atoms with Crippen LogP contribution >= 0.6 is 0 Å². The van der Waals surface area contributed by atoms with Gasteiger partial charge in [0.15, 0.2) is 0 Å². The van der Waals surface area contributed by atoms with Crippen molar-refractivity contribution in [3.8, 4) is 0 Å². The van der Waals surface area contributed by atoms with Crippen LogP contribution in [0.2, 0.25) is 0 Å². The van der Waals surface area contributed by atoms with Crippen molar-refractivity contribution >= 4 is 16.8 Å². The summed E-state index contributed by atoms with van der Waals surface area (Å²) in [5.74, 6) is -0.419. The minimum absolute atomic E-state index is 0.119. The topological polar surface area (TPSA) is 104 Å². The van der Waals surface area contributed by atoms with Crippen molar-refractivity contribution in [3.63, 3.8) is 0 Å². The number of carbonyl (C=O) groups is 1. The van der Waals surface area contributed by atoms with E-state index in [0.717, 1.165) is 6.42 Å². The molecule has 0 heterocycles. The van der Waals surface area contributed by atoms with E-state index >= 15 is 0 Å². The fourth-order valence-electron chi connectivity index (χ4n) is 2.89. The number of carbonyl (C=O) groups excluding carboxylic acids is 1. The van der Waals surface area contributed by atoms with Crippen LogP contribution in [0.3, 0.4) is 0 Å². The molecular weight excluding hydrogens is 368 g/mol. The first-order valence-corrected chi connectivity index (χ1v) is 10.7. The van der Waals surface area contributed by atoms with Crippen molar-refractivity contribution in [2.24, 2.45) is 5.41 Å². The van der Waals surface area contributed by atoms with Gasteiger partial charge in [-0.3, -0.25) is 9.00 Å². The molecule has 0 saturated carbocycles. The van der Waals surface area contributed by atoms with Crippen LogP contribution in [0.1, 0.15) is 45.1 Å². The highest BCUT2D eigenvalue weighted by atomic mass is 32.2. The molecule has 0 amide bonds. The summed E-state index contributed by atoms with van der Waals surface area (Å²) < 4.78 is 17.0. The van der Waals surface area contributed by atoms with Crippen LogP contribution < -0.4 is 0 Å². The molecule has 7 heteroatoms. The van der Waals surface area contributed by atoms with Crippen molar-refractivity contribution in [3.05, 3.63) is 35.9 Å². The van der Waals surface area contributed by atoms with Crippen LogP contribution in [0.5, 0.6) is 0 Å². The Kier molecular flexibility index (Phi) is 10.2. The highest BCUT2D eigenvalue weighted by Crippen LogP contribution is 2.34. The van der Waals surface area contributed by atoms with E-state index < -0.39 is 41.0 Å². The van der Waals surface area contributed by atoms with Gasteiger partial charge in [0, 0.05) is 10.8 Å². The molecule has 0 saturated heterocycles. The Balaban J connectivity index is 2.53. The molecule has 27 heavy (non-hydrogen) atoms. The molecule has 3 N–H and O–H groups in total. The summed E-state index contributed by atoms with van der Waals surface area (Å²) in [7, 11) is -1.50. The molecule has 1 aromatic carbocycles. The highest BCUT2D eigenvalue weighted by Gasteiger charge is 2.33. The molecule has 0 spiro atoms. The average Bonchev–Trinajstić information content (AvgIpc) is 2.64. The molecule has 6 nitrogen and oxygen atoms in total. The van der Waals surface area contributed by atoms with E-state index in [4.69, 9.17) is 9.84 Å². The number of hydrogen-bond donors (Lipinski definition) is 3. The van der Waals surface area contributed by atoms with Crippen molar-refractivity contribution < 1.29 is 29.1 Å². The molecular formula is C20H32O6S. The number of rotatable bonds is 12. The summed E-state index contributed by atoms with van der Waals surface area (Å²) in [4.78, 5) is 12.5. The number of esters is 1. The second-order valence-electron chi connectivity index (χ2n) is 7.47. The fourth-order valence-corrected chi connectivity index (χ4v) is 4.08. The molecule has 0 bridgehead atoms. The van der Waals surface area contributed by atoms with Crippen molar-refractivity contribution in [2.45, 2.75) is 51.7 Å². The van der Waals surface area contributed by atoms with Gasteiger partial charge in [-0.2, -0.15) is 0 Å². The maximum absolute atomic E-state index is 12.5. The Bertz CT molecular complexity index is 589. The lowest BCUT2D eigenvalue weighted by Crippen LogP contribution is -2.33. The molecule has 0 aliphatic heterocycles. The predicted octanol–water partition coefficient (Wildman–Crippen LogP) is 1.60. The number of benzene rings is 1. The second-order valence-corrected chi connectivity index (χ2v) is 9.01. The van der Waals surface area contributed by atoms with Crippen LogP contribution in [-0.2, 0) is 20.3 Å². The largest absolute Gasteiger partial charge is 0.462 e. The van der Waals surface area contributed by atoms with E-state index in [2.05, 4.69) is 19.1 Å². The lowest BCUT2D eigenvalue weighted by atomic mass is 9.79. The Morgan fingerprint density at radius 2 is 1.74 bits per heavy atom. The standard InChI is InChI=1S/C20H32O6S/c1-4-15(16-8-6-5-7-9-16)10-20(2,3)19(24)26-12-18(23)14-27(25)13-17(22)11-21/h5-9,15,17-18,21-23H,4,10-14H2,1-3H3. The zero-order valence-electron chi connectivity index (χ0n) is 16.3. The van der Waals surface area contributed by atoms with Crippen molar-refractivity contribution in [1.82, 2.24) is 0 Å². The summed E-state index contributed by atoms with van der Waals surface area (Å²) in [6, 6.07) is 10.0. The number of aliphatic hydroxyl groups excluding tert-OH is 3. The quantitative estimate of drug-likeness (QED) is 0.461. The molecule has 154 valence electrons. The SMILES string of the molecule is CCC(CC(C)(C)C(=O)OCC(O)CS(=O)CC(O)CO)c1ccccc1. The Morgan fingerprint density at radius 1 is 1.15 bits per heavy atom. The summed E-state index contributed by atoms with van der Waals surface area (Å²) in [6.07, 6.45) is -0.636. The molecule has 4 atom stereocenters. The minimum atomic E-state index is -1.50. The first-order valence-electron chi connectivity index (χ1n) is 9.23. The zero-order chi connectivity index (χ0) is 20.4. The van der Waals surface area contributed by atoms with Crippen molar-refractivity contribution in [1.29, 1.82) is 0 Å². The van der Waals surface area contributed by atoms with E-state index in [1.54, 1.807) is 0 Å². The van der Waals surface area contributed by atoms with Crippen LogP contribution in [0, 0.1) is 5.41 Å². The maximum Gasteiger partial charge on any atom is 0.311 e. The number of ether oxygens (including phenoxy) is 1. The molecule has 1 aromatic rings. The number of hydrogen-bond acceptors (Lipinski definition) is 6. The molecule has 0 aliphatic carbocycles. The average molecular weight is 401 g/mol. The van der Waals surface area contributed by atoms with Gasteiger partial charge in [0.2, 0.25) is 0 Å². The van der Waals surface area contributed by atoms with Gasteiger partial charge in [0.1, 0.15) is 6.61 Å². The predicted molar refractivity (Wildman–Crippen MR) is 106 cm³/mol. The van der Waals surface area contributed by atoms with Gasteiger partial charge in [-0.05, 0) is 38.2 Å². The highest BCUT2D eigenvalue weighted by molar-refractivity contribution is 7.85. The summed E-state index contributed by atoms with van der Waals surface area (Å²) in [6.45, 7) is 5.00. The van der Waals surface area contributed by atoms with Crippen LogP contribution in [0.4, 0.5) is 0 Å². The molecule has 0 fully saturated rings. The third kappa shape index (κ3) is 8.51. The van der Waals surface area contributed by atoms with Crippen LogP contribution in [-0.4, -0.2) is 62.4 Å². The number of aliphatic hydroxyl groups is 3. The van der Waals surface area contributed by atoms with E-state index in [1.807, 2.05) is 32.0 Å². The third-order valence-corrected chi connectivity index (χ3v) is 5.96. The normalized spacial score (nSPS) is 16.4. The zero-order valence-corrected chi connectivity index (χ0v) is 17.2. The summed E-state index contributed by atoms with van der Waals surface area (Å²) >= 11 is 0. The molecule has 1 rings (SSSR count). The van der Waals surface area contributed by atoms with Crippen LogP contribution in [0.25, 0.3) is 0 Å². The lowest BCUT2D eigenvalue weighted by molar-refractivity contribution is -0.157. The maximum atomic E-state index is 12.5. The first-order chi connectivity index (χ1) is 12.7. The smallest absolute Gasteiger partial charge is 0.311 e. The Morgan fingerprint density at radius 3 is 2.30 bits per heavy atom. The Hall–Kier alpha value is -1.28.